The summed E-state index contributed by atoms with van der Waals surface area (Å²) in [6.45, 7) is 10.8. The molecular weight excluding hydrogens is 362 g/mol. The summed E-state index contributed by atoms with van der Waals surface area (Å²) in [5, 5.41) is 8.66. The standard InChI is InChI=1S/C24H29N3O2/c1-23(2,3)16-24(4,5)25-21(28)20-18-13-9-10-14-19(18)22(29)27(26-20)15-17-11-7-6-8-12-17/h6-14H,15-16H2,1-5H3,(H,25,28). The lowest BCUT2D eigenvalue weighted by Gasteiger charge is -2.33. The van der Waals surface area contributed by atoms with Crippen molar-refractivity contribution in [3.63, 3.8) is 0 Å². The van der Waals surface area contributed by atoms with Gasteiger partial charge in [-0.2, -0.15) is 5.10 Å². The van der Waals surface area contributed by atoms with Crippen LogP contribution in [0.4, 0.5) is 0 Å². The maximum Gasteiger partial charge on any atom is 0.274 e. The van der Waals surface area contributed by atoms with Gasteiger partial charge in [0.2, 0.25) is 0 Å². The quantitative estimate of drug-likeness (QED) is 0.702. The Morgan fingerprint density at radius 1 is 0.931 bits per heavy atom. The highest BCUT2D eigenvalue weighted by molar-refractivity contribution is 6.05. The summed E-state index contributed by atoms with van der Waals surface area (Å²) in [6, 6.07) is 16.8. The van der Waals surface area contributed by atoms with Crippen LogP contribution in [0.3, 0.4) is 0 Å². The fraction of sp³-hybridized carbons (Fsp3) is 0.375. The van der Waals surface area contributed by atoms with Crippen molar-refractivity contribution >= 4 is 16.7 Å². The molecule has 152 valence electrons. The lowest BCUT2D eigenvalue weighted by atomic mass is 9.81. The molecule has 1 aromatic heterocycles. The van der Waals surface area contributed by atoms with E-state index in [2.05, 4.69) is 31.2 Å². The molecule has 0 radical (unpaired) electrons. The molecule has 0 aliphatic rings. The van der Waals surface area contributed by atoms with E-state index >= 15 is 0 Å². The number of amides is 1. The van der Waals surface area contributed by atoms with Crippen LogP contribution in [0, 0.1) is 5.41 Å². The van der Waals surface area contributed by atoms with Crippen LogP contribution in [0.5, 0.6) is 0 Å². The zero-order chi connectivity index (χ0) is 21.2. The van der Waals surface area contributed by atoms with E-state index in [9.17, 15) is 9.59 Å². The topological polar surface area (TPSA) is 64.0 Å². The number of carbonyl (C=O) groups excluding carboxylic acids is 1. The molecule has 3 rings (SSSR count). The van der Waals surface area contributed by atoms with Gasteiger partial charge in [-0.3, -0.25) is 9.59 Å². The maximum atomic E-state index is 13.2. The Labute approximate surface area is 171 Å². The van der Waals surface area contributed by atoms with Crippen molar-refractivity contribution in [2.75, 3.05) is 0 Å². The van der Waals surface area contributed by atoms with Gasteiger partial charge in [-0.05, 0) is 37.3 Å². The van der Waals surface area contributed by atoms with E-state index in [1.54, 1.807) is 12.1 Å². The van der Waals surface area contributed by atoms with E-state index < -0.39 is 5.54 Å². The zero-order valence-electron chi connectivity index (χ0n) is 17.8. The molecule has 0 atom stereocenters. The first-order valence-corrected chi connectivity index (χ1v) is 9.92. The van der Waals surface area contributed by atoms with E-state index in [1.807, 2.05) is 56.3 Å². The lowest BCUT2D eigenvalue weighted by molar-refractivity contribution is 0.0886. The second-order valence-electron chi connectivity index (χ2n) is 9.42. The largest absolute Gasteiger partial charge is 0.346 e. The van der Waals surface area contributed by atoms with Crippen LogP contribution >= 0.6 is 0 Å². The van der Waals surface area contributed by atoms with Crippen LogP contribution in [-0.4, -0.2) is 21.2 Å². The molecule has 0 aliphatic heterocycles. The van der Waals surface area contributed by atoms with Crippen LogP contribution in [0.2, 0.25) is 0 Å². The molecule has 1 amide bonds. The van der Waals surface area contributed by atoms with Crippen molar-refractivity contribution in [1.29, 1.82) is 0 Å². The first-order chi connectivity index (χ1) is 13.6. The molecule has 3 aromatic rings. The minimum atomic E-state index is -0.404. The van der Waals surface area contributed by atoms with Gasteiger partial charge in [-0.15, -0.1) is 0 Å². The molecule has 2 aromatic carbocycles. The second-order valence-corrected chi connectivity index (χ2v) is 9.42. The van der Waals surface area contributed by atoms with Crippen molar-refractivity contribution < 1.29 is 4.79 Å². The Morgan fingerprint density at radius 2 is 1.52 bits per heavy atom. The predicted molar refractivity (Wildman–Crippen MR) is 117 cm³/mol. The minimum absolute atomic E-state index is 0.0678. The third-order valence-electron chi connectivity index (χ3n) is 4.68. The number of fused-ring (bicyclic) bond motifs is 1. The molecule has 0 spiro atoms. The summed E-state index contributed by atoms with van der Waals surface area (Å²) in [5.74, 6) is -0.266. The van der Waals surface area contributed by atoms with Crippen molar-refractivity contribution in [3.05, 3.63) is 76.2 Å². The van der Waals surface area contributed by atoms with Gasteiger partial charge in [0.15, 0.2) is 5.69 Å². The number of benzene rings is 2. The van der Waals surface area contributed by atoms with Crippen molar-refractivity contribution in [3.8, 4) is 0 Å². The van der Waals surface area contributed by atoms with E-state index in [4.69, 9.17) is 0 Å². The average molecular weight is 392 g/mol. The third kappa shape index (κ3) is 5.11. The Kier molecular flexibility index (Phi) is 5.60. The number of rotatable bonds is 5. The normalized spacial score (nSPS) is 12.2. The second kappa shape index (κ2) is 7.82. The van der Waals surface area contributed by atoms with Crippen molar-refractivity contribution in [1.82, 2.24) is 15.1 Å². The van der Waals surface area contributed by atoms with Gasteiger partial charge in [0.05, 0.1) is 11.9 Å². The summed E-state index contributed by atoms with van der Waals surface area (Å²) in [5.41, 5.74) is 0.696. The summed E-state index contributed by atoms with van der Waals surface area (Å²) in [7, 11) is 0. The zero-order valence-corrected chi connectivity index (χ0v) is 17.8. The molecule has 0 aliphatic carbocycles. The van der Waals surface area contributed by atoms with E-state index in [0.717, 1.165) is 12.0 Å². The van der Waals surface area contributed by atoms with Gasteiger partial charge in [0.25, 0.3) is 11.5 Å². The number of hydrogen-bond acceptors (Lipinski definition) is 3. The fourth-order valence-electron chi connectivity index (χ4n) is 4.00. The summed E-state index contributed by atoms with van der Waals surface area (Å²) >= 11 is 0. The van der Waals surface area contributed by atoms with Crippen LogP contribution in [0.25, 0.3) is 10.8 Å². The molecule has 0 saturated heterocycles. The molecule has 1 N–H and O–H groups in total. The van der Waals surface area contributed by atoms with Crippen LogP contribution < -0.4 is 10.9 Å². The summed E-state index contributed by atoms with van der Waals surface area (Å²) in [6.07, 6.45) is 0.813. The number of hydrogen-bond donors (Lipinski definition) is 1. The minimum Gasteiger partial charge on any atom is -0.346 e. The predicted octanol–water partition coefficient (Wildman–Crippen LogP) is 4.39. The summed E-state index contributed by atoms with van der Waals surface area (Å²) in [4.78, 5) is 26.1. The molecule has 29 heavy (non-hydrogen) atoms. The average Bonchev–Trinajstić information content (AvgIpc) is 2.62. The fourth-order valence-corrected chi connectivity index (χ4v) is 4.00. The van der Waals surface area contributed by atoms with Gasteiger partial charge in [-0.1, -0.05) is 69.3 Å². The molecule has 0 unspecified atom stereocenters. The van der Waals surface area contributed by atoms with E-state index in [0.29, 0.717) is 17.3 Å². The highest BCUT2D eigenvalue weighted by Crippen LogP contribution is 2.27. The van der Waals surface area contributed by atoms with Crippen molar-refractivity contribution in [2.24, 2.45) is 5.41 Å². The first-order valence-electron chi connectivity index (χ1n) is 9.92. The molecule has 0 saturated carbocycles. The van der Waals surface area contributed by atoms with Gasteiger partial charge >= 0.3 is 0 Å². The van der Waals surface area contributed by atoms with Gasteiger partial charge < -0.3 is 5.32 Å². The van der Waals surface area contributed by atoms with Gasteiger partial charge in [0, 0.05) is 10.9 Å². The highest BCUT2D eigenvalue weighted by atomic mass is 16.2. The lowest BCUT2D eigenvalue weighted by Crippen LogP contribution is -2.46. The molecule has 0 fully saturated rings. The molecule has 0 bridgehead atoms. The van der Waals surface area contributed by atoms with Gasteiger partial charge in [-0.25, -0.2) is 4.68 Å². The summed E-state index contributed by atoms with van der Waals surface area (Å²) < 4.78 is 1.38. The van der Waals surface area contributed by atoms with Crippen LogP contribution in [0.15, 0.2) is 59.4 Å². The Bertz CT molecular complexity index is 1080. The van der Waals surface area contributed by atoms with Crippen molar-refractivity contribution in [2.45, 2.75) is 53.1 Å². The molecular formula is C24H29N3O2. The molecule has 1 heterocycles. The first kappa shape index (κ1) is 20.8. The Morgan fingerprint density at radius 3 is 2.14 bits per heavy atom. The smallest absolute Gasteiger partial charge is 0.274 e. The number of aromatic nitrogens is 2. The third-order valence-corrected chi connectivity index (χ3v) is 4.68. The molecule has 5 heteroatoms. The SMILES string of the molecule is CC(C)(C)CC(C)(C)NC(=O)c1nn(Cc2ccccc2)c(=O)c2ccccc12. The van der Waals surface area contributed by atoms with E-state index in [-0.39, 0.29) is 22.6 Å². The number of nitrogens with one attached hydrogen (secondary N) is 1. The monoisotopic (exact) mass is 391 g/mol. The Balaban J connectivity index is 2.03. The van der Waals surface area contributed by atoms with Gasteiger partial charge in [0.1, 0.15) is 0 Å². The Hall–Kier alpha value is -2.95. The van der Waals surface area contributed by atoms with Crippen LogP contribution in [0.1, 0.15) is 57.1 Å². The van der Waals surface area contributed by atoms with Crippen LogP contribution in [-0.2, 0) is 6.54 Å². The molecule has 5 nitrogen and oxygen atoms in total. The number of carbonyl (C=O) groups is 1. The number of nitrogens with zero attached hydrogens (tertiary/aromatic N) is 2. The van der Waals surface area contributed by atoms with E-state index in [1.165, 1.54) is 4.68 Å². The highest BCUT2D eigenvalue weighted by Gasteiger charge is 2.29. The maximum absolute atomic E-state index is 13.2.